The maximum absolute atomic E-state index is 12.0. The van der Waals surface area contributed by atoms with E-state index < -0.39 is 40.1 Å². The van der Waals surface area contributed by atoms with Crippen molar-refractivity contribution in [1.29, 1.82) is 0 Å². The third kappa shape index (κ3) is 2.61. The Hall–Kier alpha value is -3.88. The molecule has 0 bridgehead atoms. The van der Waals surface area contributed by atoms with Crippen LogP contribution in [0.4, 0.5) is 5.82 Å². The number of aromatic carboxylic acids is 2. The number of hydrogen-bond donors (Lipinski definition) is 4. The molecule has 0 spiro atoms. The summed E-state index contributed by atoms with van der Waals surface area (Å²) in [6.07, 6.45) is 0. The van der Waals surface area contributed by atoms with E-state index in [0.717, 1.165) is 0 Å². The number of nitrogen functional groups attached to an aromatic ring is 1. The third-order valence-electron chi connectivity index (χ3n) is 3.91. The average Bonchev–Trinajstić information content (AvgIpc) is 2.52. The van der Waals surface area contributed by atoms with Crippen LogP contribution in [-0.4, -0.2) is 27.1 Å². The summed E-state index contributed by atoms with van der Waals surface area (Å²) in [7, 11) is 0. The number of benzene rings is 1. The van der Waals surface area contributed by atoms with Crippen LogP contribution in [-0.2, 0) is 0 Å². The average molecular weight is 356 g/mol. The number of hydrogen-bond acceptors (Lipinski definition) is 6. The zero-order valence-electron chi connectivity index (χ0n) is 13.3. The van der Waals surface area contributed by atoms with Crippen LogP contribution in [0.25, 0.3) is 22.1 Å². The Morgan fingerprint density at radius 2 is 1.73 bits per heavy atom. The van der Waals surface area contributed by atoms with Crippen LogP contribution in [0.5, 0.6) is 0 Å². The maximum Gasteiger partial charge on any atom is 0.342 e. The van der Waals surface area contributed by atoms with Crippen molar-refractivity contribution in [3.63, 3.8) is 0 Å². The van der Waals surface area contributed by atoms with Gasteiger partial charge < -0.3 is 25.3 Å². The largest absolute Gasteiger partial charge is 0.478 e. The molecule has 3 rings (SSSR count). The van der Waals surface area contributed by atoms with Gasteiger partial charge in [0.25, 0.3) is 5.56 Å². The number of nitrogens with two attached hydrogens (primary N) is 1. The van der Waals surface area contributed by atoms with Gasteiger partial charge in [-0.3, -0.25) is 4.79 Å². The van der Waals surface area contributed by atoms with Crippen molar-refractivity contribution in [3.05, 3.63) is 61.7 Å². The second-order valence-electron chi connectivity index (χ2n) is 5.56. The van der Waals surface area contributed by atoms with E-state index in [2.05, 4.69) is 0 Å². The lowest BCUT2D eigenvalue weighted by molar-refractivity contribution is 0.0695. The predicted octanol–water partition coefficient (Wildman–Crippen LogP) is 1.44. The molecule has 2 heterocycles. The molecule has 0 saturated heterocycles. The monoisotopic (exact) mass is 356 g/mol. The van der Waals surface area contributed by atoms with Crippen LogP contribution in [0.3, 0.4) is 0 Å². The van der Waals surface area contributed by atoms with E-state index in [-0.39, 0.29) is 16.7 Å². The SMILES string of the molecule is Cc1cc(=O)oc2cc(-c3c(C(=O)O)c(N)[nH]c(=O)c3C(=O)O)ccc12. The minimum Gasteiger partial charge on any atom is -0.478 e. The number of rotatable bonds is 3. The molecule has 0 fully saturated rings. The van der Waals surface area contributed by atoms with Crippen molar-refractivity contribution in [2.75, 3.05) is 5.73 Å². The summed E-state index contributed by atoms with van der Waals surface area (Å²) < 4.78 is 5.10. The quantitative estimate of drug-likeness (QED) is 0.512. The second-order valence-corrected chi connectivity index (χ2v) is 5.56. The molecule has 9 heteroatoms. The number of aromatic amines is 1. The number of pyridine rings is 1. The van der Waals surface area contributed by atoms with Gasteiger partial charge in [-0.2, -0.15) is 0 Å². The molecular formula is C17H12N2O7. The van der Waals surface area contributed by atoms with E-state index >= 15 is 0 Å². The van der Waals surface area contributed by atoms with Crippen LogP contribution in [0, 0.1) is 6.92 Å². The van der Waals surface area contributed by atoms with Gasteiger partial charge in [0.15, 0.2) is 0 Å². The predicted molar refractivity (Wildman–Crippen MR) is 91.6 cm³/mol. The molecule has 1 aromatic carbocycles. The fourth-order valence-electron chi connectivity index (χ4n) is 2.82. The minimum atomic E-state index is -1.62. The molecular weight excluding hydrogens is 344 g/mol. The van der Waals surface area contributed by atoms with Crippen molar-refractivity contribution in [2.24, 2.45) is 0 Å². The zero-order chi connectivity index (χ0) is 19.2. The number of carbonyl (C=O) groups is 2. The lowest BCUT2D eigenvalue weighted by Gasteiger charge is -2.12. The first kappa shape index (κ1) is 17.0. The van der Waals surface area contributed by atoms with Gasteiger partial charge in [-0.05, 0) is 24.1 Å². The highest BCUT2D eigenvalue weighted by atomic mass is 16.4. The highest BCUT2D eigenvalue weighted by Gasteiger charge is 2.26. The number of carboxylic acids is 2. The molecule has 5 N–H and O–H groups in total. The lowest BCUT2D eigenvalue weighted by atomic mass is 9.94. The summed E-state index contributed by atoms with van der Waals surface area (Å²) in [5.74, 6) is -3.61. The zero-order valence-corrected chi connectivity index (χ0v) is 13.3. The summed E-state index contributed by atoms with van der Waals surface area (Å²) >= 11 is 0. The number of fused-ring (bicyclic) bond motifs is 1. The highest BCUT2D eigenvalue weighted by Crippen LogP contribution is 2.31. The Balaban J connectivity index is 2.48. The molecule has 0 radical (unpaired) electrons. The van der Waals surface area contributed by atoms with E-state index in [9.17, 15) is 29.4 Å². The molecule has 0 saturated carbocycles. The summed E-state index contributed by atoms with van der Waals surface area (Å²) in [5.41, 5.74) is 3.06. The minimum absolute atomic E-state index is 0.0684. The molecule has 26 heavy (non-hydrogen) atoms. The number of carboxylic acid groups (broad SMARTS) is 2. The topological polar surface area (TPSA) is 164 Å². The standard InChI is InChI=1S/C17H12N2O7/c1-6-4-10(20)26-9-5-7(2-3-8(6)9)11-12(16(22)23)14(18)19-15(21)13(11)17(24)25/h2-5H,1H3,(H,22,23)(H,24,25)(H3,18,19,21). The number of H-pyrrole nitrogens is 1. The van der Waals surface area contributed by atoms with Crippen LogP contribution in [0.2, 0.25) is 0 Å². The highest BCUT2D eigenvalue weighted by molar-refractivity contribution is 6.08. The first-order valence-corrected chi connectivity index (χ1v) is 7.28. The van der Waals surface area contributed by atoms with Crippen molar-refractivity contribution >= 4 is 28.7 Å². The van der Waals surface area contributed by atoms with Gasteiger partial charge in [-0.1, -0.05) is 12.1 Å². The molecule has 0 aliphatic heterocycles. The Bertz CT molecular complexity index is 1200. The Morgan fingerprint density at radius 1 is 1.08 bits per heavy atom. The Labute approximate surface area is 144 Å². The molecule has 0 unspecified atom stereocenters. The number of anilines is 1. The van der Waals surface area contributed by atoms with Gasteiger partial charge in [-0.15, -0.1) is 0 Å². The fourth-order valence-corrected chi connectivity index (χ4v) is 2.82. The molecule has 9 nitrogen and oxygen atoms in total. The Morgan fingerprint density at radius 3 is 2.35 bits per heavy atom. The van der Waals surface area contributed by atoms with Crippen LogP contribution >= 0.6 is 0 Å². The smallest absolute Gasteiger partial charge is 0.342 e. The molecule has 3 aromatic rings. The van der Waals surface area contributed by atoms with Gasteiger partial charge in [0.05, 0.1) is 0 Å². The number of aromatic nitrogens is 1. The summed E-state index contributed by atoms with van der Waals surface area (Å²) in [4.78, 5) is 48.8. The molecule has 0 aliphatic carbocycles. The van der Waals surface area contributed by atoms with Crippen LogP contribution in [0.15, 0.2) is 38.3 Å². The van der Waals surface area contributed by atoms with Gasteiger partial charge in [0, 0.05) is 17.0 Å². The summed E-state index contributed by atoms with van der Waals surface area (Å²) in [5, 5.41) is 19.4. The second kappa shape index (κ2) is 5.88. The first-order chi connectivity index (χ1) is 12.2. The van der Waals surface area contributed by atoms with Gasteiger partial charge in [0.1, 0.15) is 22.5 Å². The van der Waals surface area contributed by atoms with E-state index in [4.69, 9.17) is 10.2 Å². The molecule has 0 aliphatic rings. The fraction of sp³-hybridized carbons (Fsp3) is 0.0588. The van der Waals surface area contributed by atoms with Crippen LogP contribution < -0.4 is 16.9 Å². The number of aryl methyl sites for hydroxylation is 1. The van der Waals surface area contributed by atoms with Gasteiger partial charge in [-0.25, -0.2) is 14.4 Å². The van der Waals surface area contributed by atoms with Gasteiger partial charge in [0.2, 0.25) is 0 Å². The summed E-state index contributed by atoms with van der Waals surface area (Å²) in [6.45, 7) is 1.69. The lowest BCUT2D eigenvalue weighted by Crippen LogP contribution is -2.24. The van der Waals surface area contributed by atoms with Crippen molar-refractivity contribution in [1.82, 2.24) is 4.98 Å². The third-order valence-corrected chi connectivity index (χ3v) is 3.91. The molecule has 132 valence electrons. The summed E-state index contributed by atoms with van der Waals surface area (Å²) in [6, 6.07) is 5.56. The van der Waals surface area contributed by atoms with Crippen molar-refractivity contribution in [2.45, 2.75) is 6.92 Å². The van der Waals surface area contributed by atoms with E-state index in [1.807, 2.05) is 4.98 Å². The van der Waals surface area contributed by atoms with E-state index in [1.54, 1.807) is 6.92 Å². The maximum atomic E-state index is 12.0. The normalized spacial score (nSPS) is 10.8. The van der Waals surface area contributed by atoms with E-state index in [1.165, 1.54) is 24.3 Å². The number of nitrogens with one attached hydrogen (secondary N) is 1. The molecule has 2 aromatic heterocycles. The van der Waals surface area contributed by atoms with Crippen LogP contribution in [0.1, 0.15) is 26.3 Å². The first-order valence-electron chi connectivity index (χ1n) is 7.28. The van der Waals surface area contributed by atoms with Crippen molar-refractivity contribution < 1.29 is 24.2 Å². The van der Waals surface area contributed by atoms with Gasteiger partial charge >= 0.3 is 17.6 Å². The van der Waals surface area contributed by atoms with Crippen molar-refractivity contribution in [3.8, 4) is 11.1 Å². The van der Waals surface area contributed by atoms with E-state index in [0.29, 0.717) is 10.9 Å². The molecule has 0 atom stereocenters. The Kier molecular flexibility index (Phi) is 3.84. The molecule has 0 amide bonds.